The number of rotatable bonds is 5. The number of hydroxylamine groups is 2. The predicted octanol–water partition coefficient (Wildman–Crippen LogP) is 4.21. The molecule has 1 fully saturated rings. The van der Waals surface area contributed by atoms with Crippen molar-refractivity contribution in [1.82, 2.24) is 5.06 Å². The zero-order valence-electron chi connectivity index (χ0n) is 15.8. The number of carbonyl (C=O) groups excluding carboxylic acids is 1. The molecule has 0 radical (unpaired) electrons. The van der Waals surface area contributed by atoms with Crippen LogP contribution in [0.2, 0.25) is 0 Å². The van der Waals surface area contributed by atoms with Crippen molar-refractivity contribution in [2.24, 2.45) is 11.3 Å². The highest BCUT2D eigenvalue weighted by Crippen LogP contribution is 2.43. The molecule has 2 rings (SSSR count). The smallest absolute Gasteiger partial charge is 0.352 e. The monoisotopic (exact) mass is 425 g/mol. The summed E-state index contributed by atoms with van der Waals surface area (Å²) < 4.78 is 80.8. The Kier molecular flexibility index (Phi) is 6.44. The second-order valence-electron chi connectivity index (χ2n) is 7.74. The number of carbonyl (C=O) groups is 1. The Morgan fingerprint density at radius 2 is 1.68 bits per heavy atom. The first-order chi connectivity index (χ1) is 12.8. The number of hydrogen-bond acceptors (Lipinski definition) is 5. The second-order valence-corrected chi connectivity index (χ2v) is 9.73. The molecule has 1 heterocycles. The fourth-order valence-electron chi connectivity index (χ4n) is 2.81. The van der Waals surface area contributed by atoms with E-state index in [1.165, 1.54) is 11.1 Å². The Hall–Kier alpha value is -1.68. The van der Waals surface area contributed by atoms with E-state index in [2.05, 4.69) is 0 Å². The molecule has 0 bridgehead atoms. The maximum absolute atomic E-state index is 14.8. The molecule has 28 heavy (non-hydrogen) atoms. The predicted molar refractivity (Wildman–Crippen MR) is 93.4 cm³/mol. The van der Waals surface area contributed by atoms with Crippen LogP contribution in [0.3, 0.4) is 0 Å². The molecule has 0 spiro atoms. The van der Waals surface area contributed by atoms with Crippen LogP contribution in [0.15, 0.2) is 29.2 Å². The molecule has 10 heteroatoms. The largest absolute Gasteiger partial charge is 0.367 e. The average molecular weight is 425 g/mol. The molecule has 1 aliphatic heterocycles. The van der Waals surface area contributed by atoms with Gasteiger partial charge in [-0.25, -0.2) is 22.0 Å². The van der Waals surface area contributed by atoms with Crippen molar-refractivity contribution in [3.63, 3.8) is 0 Å². The second kappa shape index (κ2) is 7.98. The van der Waals surface area contributed by atoms with Crippen molar-refractivity contribution in [3.05, 3.63) is 29.8 Å². The minimum absolute atomic E-state index is 0.0753. The Morgan fingerprint density at radius 3 is 2.18 bits per heavy atom. The molecular formula is C18H23F4NO4S. The number of halogens is 4. The maximum Gasteiger partial charge on any atom is 0.352 e. The summed E-state index contributed by atoms with van der Waals surface area (Å²) in [6.07, 6.45) is -3.72. The van der Waals surface area contributed by atoms with E-state index in [1.807, 2.05) is 0 Å². The molecule has 1 aromatic carbocycles. The summed E-state index contributed by atoms with van der Waals surface area (Å²) in [5.41, 5.74) is -1.72. The lowest BCUT2D eigenvalue weighted by atomic mass is 9.97. The van der Waals surface area contributed by atoms with Crippen LogP contribution in [-0.2, 0) is 19.5 Å². The van der Waals surface area contributed by atoms with Gasteiger partial charge in [-0.05, 0) is 39.7 Å². The van der Waals surface area contributed by atoms with Crippen molar-refractivity contribution in [3.8, 4) is 0 Å². The van der Waals surface area contributed by atoms with Crippen LogP contribution in [-0.4, -0.2) is 37.8 Å². The fraction of sp³-hybridized carbons (Fsp3) is 0.611. The van der Waals surface area contributed by atoms with Gasteiger partial charge in [-0.1, -0.05) is 18.2 Å². The van der Waals surface area contributed by atoms with Gasteiger partial charge in [-0.3, -0.25) is 0 Å². The van der Waals surface area contributed by atoms with E-state index < -0.39 is 49.3 Å². The van der Waals surface area contributed by atoms with Crippen LogP contribution < -0.4 is 0 Å². The van der Waals surface area contributed by atoms with E-state index in [9.17, 15) is 30.8 Å². The number of sulfone groups is 1. The highest BCUT2D eigenvalue weighted by molar-refractivity contribution is 7.92. The van der Waals surface area contributed by atoms with E-state index in [4.69, 9.17) is 4.84 Å². The molecule has 1 aliphatic rings. The third kappa shape index (κ3) is 4.48. The lowest BCUT2D eigenvalue weighted by molar-refractivity contribution is -0.208. The van der Waals surface area contributed by atoms with Crippen LogP contribution in [0.25, 0.3) is 0 Å². The lowest BCUT2D eigenvalue weighted by Crippen LogP contribution is -2.46. The molecule has 0 aromatic heterocycles. The van der Waals surface area contributed by atoms with Gasteiger partial charge in [0.05, 0.1) is 10.3 Å². The van der Waals surface area contributed by atoms with Gasteiger partial charge in [0, 0.05) is 24.6 Å². The third-order valence-electron chi connectivity index (χ3n) is 4.56. The summed E-state index contributed by atoms with van der Waals surface area (Å²) in [4.78, 5) is 16.0. The number of nitrogens with zero attached hydrogens (tertiary/aromatic N) is 1. The van der Waals surface area contributed by atoms with E-state index in [0.29, 0.717) is 0 Å². The fourth-order valence-corrected chi connectivity index (χ4v) is 4.50. The van der Waals surface area contributed by atoms with E-state index in [0.717, 1.165) is 18.2 Å². The molecule has 0 unspecified atom stereocenters. The quantitative estimate of drug-likeness (QED) is 0.662. The first-order valence-electron chi connectivity index (χ1n) is 8.75. The topological polar surface area (TPSA) is 63.7 Å². The molecule has 158 valence electrons. The van der Waals surface area contributed by atoms with E-state index in [-0.39, 0.29) is 25.9 Å². The van der Waals surface area contributed by atoms with Crippen LogP contribution in [0.1, 0.15) is 45.6 Å². The molecule has 1 aromatic rings. The van der Waals surface area contributed by atoms with Crippen LogP contribution in [0, 0.1) is 11.3 Å². The highest BCUT2D eigenvalue weighted by atomic mass is 32.2. The summed E-state index contributed by atoms with van der Waals surface area (Å²) in [5.74, 6) is -2.11. The van der Waals surface area contributed by atoms with E-state index in [1.54, 1.807) is 20.8 Å². The summed E-state index contributed by atoms with van der Waals surface area (Å²) >= 11 is 0. The summed E-state index contributed by atoms with van der Waals surface area (Å²) in [6, 6.07) is 3.89. The Labute approximate surface area is 161 Å². The lowest BCUT2D eigenvalue weighted by Gasteiger charge is -2.35. The number of alkyl halides is 4. The standard InChI is InChI=1S/C18H23F4NO4S/c1-17(2,3)16(24)27-23-10-8-12(9-11-23)18(21,22)28(25,26)14-7-5-4-6-13(14)15(19)20/h4-7,12,15H,8-11H2,1-3H3. The third-order valence-corrected chi connectivity index (χ3v) is 6.56. The van der Waals surface area contributed by atoms with Crippen molar-refractivity contribution in [2.45, 2.75) is 50.2 Å². The number of hydrogen-bond donors (Lipinski definition) is 0. The number of piperidine rings is 1. The average Bonchev–Trinajstić information content (AvgIpc) is 2.61. The van der Waals surface area contributed by atoms with Gasteiger partial charge in [0.25, 0.3) is 6.43 Å². The molecule has 1 saturated heterocycles. The van der Waals surface area contributed by atoms with Crippen molar-refractivity contribution < 1.29 is 35.6 Å². The summed E-state index contributed by atoms with van der Waals surface area (Å²) in [5, 5.41) is -3.00. The first-order valence-corrected chi connectivity index (χ1v) is 10.2. The molecule has 0 atom stereocenters. The highest BCUT2D eigenvalue weighted by Gasteiger charge is 2.54. The van der Waals surface area contributed by atoms with Gasteiger partial charge in [-0.2, -0.15) is 8.78 Å². The number of benzene rings is 1. The SMILES string of the molecule is CC(C)(C)C(=O)ON1CCC(C(F)(F)S(=O)(=O)c2ccccc2C(F)F)CC1. The van der Waals surface area contributed by atoms with Gasteiger partial charge in [-0.15, -0.1) is 5.06 Å². The van der Waals surface area contributed by atoms with Gasteiger partial charge < -0.3 is 4.84 Å². The van der Waals surface area contributed by atoms with Gasteiger partial charge in [0.15, 0.2) is 0 Å². The van der Waals surface area contributed by atoms with Crippen LogP contribution >= 0.6 is 0 Å². The molecule has 0 amide bonds. The molecule has 5 nitrogen and oxygen atoms in total. The Bertz CT molecular complexity index is 813. The zero-order chi connectivity index (χ0) is 21.3. The van der Waals surface area contributed by atoms with Crippen molar-refractivity contribution >= 4 is 15.8 Å². The van der Waals surface area contributed by atoms with Gasteiger partial charge >= 0.3 is 11.2 Å². The normalized spacial score (nSPS) is 17.7. The van der Waals surface area contributed by atoms with Crippen LogP contribution in [0.5, 0.6) is 0 Å². The summed E-state index contributed by atoms with van der Waals surface area (Å²) in [6.45, 7) is 4.78. The Morgan fingerprint density at radius 1 is 1.14 bits per heavy atom. The molecule has 0 saturated carbocycles. The van der Waals surface area contributed by atoms with Crippen molar-refractivity contribution in [1.29, 1.82) is 0 Å². The van der Waals surface area contributed by atoms with Gasteiger partial charge in [0.1, 0.15) is 0 Å². The first kappa shape index (κ1) is 22.6. The minimum Gasteiger partial charge on any atom is -0.367 e. The maximum atomic E-state index is 14.8. The van der Waals surface area contributed by atoms with Crippen LogP contribution in [0.4, 0.5) is 17.6 Å². The minimum atomic E-state index is -5.32. The summed E-state index contributed by atoms with van der Waals surface area (Å²) in [7, 11) is -5.32. The zero-order valence-corrected chi connectivity index (χ0v) is 16.6. The Balaban J connectivity index is 2.17. The molecule has 0 aliphatic carbocycles. The van der Waals surface area contributed by atoms with Gasteiger partial charge in [0.2, 0.25) is 9.84 Å². The van der Waals surface area contributed by atoms with E-state index >= 15 is 0 Å². The van der Waals surface area contributed by atoms with Crippen molar-refractivity contribution in [2.75, 3.05) is 13.1 Å². The molecular weight excluding hydrogens is 402 g/mol. The molecule has 0 N–H and O–H groups in total.